The van der Waals surface area contributed by atoms with E-state index in [9.17, 15) is 4.79 Å². The predicted octanol–water partition coefficient (Wildman–Crippen LogP) is 0.607. The Bertz CT molecular complexity index is 292. The smallest absolute Gasteiger partial charge is 0.233 e. The van der Waals surface area contributed by atoms with Crippen molar-refractivity contribution >= 4 is 11.7 Å². The van der Waals surface area contributed by atoms with Crippen LogP contribution in [0.3, 0.4) is 0 Å². The van der Waals surface area contributed by atoms with Crippen molar-refractivity contribution in [2.45, 2.75) is 33.1 Å². The first-order valence-corrected chi connectivity index (χ1v) is 6.29. The molecule has 0 aliphatic carbocycles. The number of oxime groups is 1. The number of unbranched alkanes of at least 4 members (excludes halogenated alkanes) is 1. The van der Waals surface area contributed by atoms with Crippen LogP contribution in [-0.4, -0.2) is 49.0 Å². The van der Waals surface area contributed by atoms with Gasteiger partial charge in [-0.1, -0.05) is 12.1 Å². The molecule has 0 rings (SSSR count). The average molecular weight is 258 g/mol. The van der Waals surface area contributed by atoms with Crippen LogP contribution in [-0.2, 0) is 4.79 Å². The van der Waals surface area contributed by atoms with Crippen molar-refractivity contribution in [3.05, 3.63) is 0 Å². The molecule has 1 amide bonds. The fourth-order valence-corrected chi connectivity index (χ4v) is 1.52. The van der Waals surface area contributed by atoms with Gasteiger partial charge in [-0.2, -0.15) is 0 Å². The summed E-state index contributed by atoms with van der Waals surface area (Å²) in [7, 11) is 4.04. The number of rotatable bonds is 8. The van der Waals surface area contributed by atoms with Crippen LogP contribution in [0.5, 0.6) is 0 Å². The number of carbonyl (C=O) groups is 1. The van der Waals surface area contributed by atoms with Gasteiger partial charge < -0.3 is 21.2 Å². The summed E-state index contributed by atoms with van der Waals surface area (Å²) in [6, 6.07) is 0. The summed E-state index contributed by atoms with van der Waals surface area (Å²) in [6.07, 6.45) is 2.44. The second-order valence-electron chi connectivity index (χ2n) is 4.94. The molecule has 4 N–H and O–H groups in total. The van der Waals surface area contributed by atoms with Gasteiger partial charge in [-0.05, 0) is 46.8 Å². The van der Waals surface area contributed by atoms with Crippen molar-refractivity contribution in [2.75, 3.05) is 27.2 Å². The number of amides is 1. The molecule has 0 heterocycles. The molecule has 6 heteroatoms. The second-order valence-corrected chi connectivity index (χ2v) is 4.94. The van der Waals surface area contributed by atoms with E-state index in [2.05, 4.69) is 15.4 Å². The first-order chi connectivity index (χ1) is 8.38. The normalized spacial score (nSPS) is 15.5. The van der Waals surface area contributed by atoms with E-state index in [0.717, 1.165) is 19.4 Å². The Morgan fingerprint density at radius 2 is 2.06 bits per heavy atom. The number of nitrogens with zero attached hydrogens (tertiary/aromatic N) is 2. The molecular weight excluding hydrogens is 232 g/mol. The zero-order chi connectivity index (χ0) is 14.2. The Morgan fingerprint density at radius 3 is 2.50 bits per heavy atom. The molecule has 0 aliphatic rings. The van der Waals surface area contributed by atoms with E-state index in [0.29, 0.717) is 13.0 Å². The molecule has 106 valence electrons. The van der Waals surface area contributed by atoms with Crippen molar-refractivity contribution in [2.24, 2.45) is 16.3 Å². The maximum atomic E-state index is 12.0. The second kappa shape index (κ2) is 7.92. The van der Waals surface area contributed by atoms with Crippen LogP contribution in [0.15, 0.2) is 5.16 Å². The Hall–Kier alpha value is -1.30. The molecule has 0 radical (unpaired) electrons. The molecule has 0 saturated heterocycles. The van der Waals surface area contributed by atoms with E-state index in [4.69, 9.17) is 10.9 Å². The number of hydrogen-bond donors (Lipinski definition) is 3. The lowest BCUT2D eigenvalue weighted by atomic mass is 9.85. The average Bonchev–Trinajstić information content (AvgIpc) is 2.35. The first kappa shape index (κ1) is 16.7. The zero-order valence-corrected chi connectivity index (χ0v) is 11.9. The summed E-state index contributed by atoms with van der Waals surface area (Å²) < 4.78 is 0. The number of nitrogens with one attached hydrogen (secondary N) is 1. The Morgan fingerprint density at radius 1 is 1.44 bits per heavy atom. The summed E-state index contributed by atoms with van der Waals surface area (Å²) in [5.74, 6) is -0.235. The van der Waals surface area contributed by atoms with Crippen molar-refractivity contribution in [3.8, 4) is 0 Å². The highest BCUT2D eigenvalue weighted by Gasteiger charge is 2.35. The van der Waals surface area contributed by atoms with Crippen molar-refractivity contribution in [1.29, 1.82) is 0 Å². The third kappa shape index (κ3) is 4.91. The number of amidine groups is 1. The third-order valence-corrected chi connectivity index (χ3v) is 3.20. The van der Waals surface area contributed by atoms with E-state index in [1.165, 1.54) is 0 Å². The van der Waals surface area contributed by atoms with Gasteiger partial charge in [-0.3, -0.25) is 4.79 Å². The monoisotopic (exact) mass is 258 g/mol. The molecule has 0 spiro atoms. The lowest BCUT2D eigenvalue weighted by Gasteiger charge is -2.25. The fraction of sp³-hybridized carbons (Fsp3) is 0.833. The summed E-state index contributed by atoms with van der Waals surface area (Å²) >= 11 is 0. The minimum absolute atomic E-state index is 0.0456. The van der Waals surface area contributed by atoms with E-state index in [1.54, 1.807) is 6.92 Å². The molecule has 18 heavy (non-hydrogen) atoms. The molecule has 1 atom stereocenters. The van der Waals surface area contributed by atoms with Gasteiger partial charge in [0.25, 0.3) is 0 Å². The number of carbonyl (C=O) groups excluding carboxylic acids is 1. The molecule has 0 aromatic carbocycles. The van der Waals surface area contributed by atoms with Crippen molar-refractivity contribution < 1.29 is 10.0 Å². The summed E-state index contributed by atoms with van der Waals surface area (Å²) in [4.78, 5) is 14.1. The van der Waals surface area contributed by atoms with E-state index >= 15 is 0 Å². The van der Waals surface area contributed by atoms with E-state index < -0.39 is 5.41 Å². The first-order valence-electron chi connectivity index (χ1n) is 6.29. The SMILES string of the molecule is CCC(C)(C(=O)NCCCCN(C)C)C(N)=NO. The molecule has 6 nitrogen and oxygen atoms in total. The lowest BCUT2D eigenvalue weighted by molar-refractivity contribution is -0.127. The standard InChI is InChI=1S/C12H26N4O2/c1-5-12(2,10(13)15-18)11(17)14-8-6-7-9-16(3)4/h18H,5-9H2,1-4H3,(H2,13,15)(H,14,17). The molecule has 1 unspecified atom stereocenters. The maximum absolute atomic E-state index is 12.0. The largest absolute Gasteiger partial charge is 0.409 e. The van der Waals surface area contributed by atoms with Gasteiger partial charge in [-0.25, -0.2) is 0 Å². The molecular formula is C12H26N4O2. The highest BCUT2D eigenvalue weighted by atomic mass is 16.4. The van der Waals surface area contributed by atoms with Crippen LogP contribution >= 0.6 is 0 Å². The molecule has 0 fully saturated rings. The van der Waals surface area contributed by atoms with Crippen LogP contribution in [0.1, 0.15) is 33.1 Å². The van der Waals surface area contributed by atoms with E-state index in [-0.39, 0.29) is 11.7 Å². The Balaban J connectivity index is 4.15. The topological polar surface area (TPSA) is 91.0 Å². The van der Waals surface area contributed by atoms with Crippen LogP contribution in [0.2, 0.25) is 0 Å². The van der Waals surface area contributed by atoms with Crippen LogP contribution in [0.25, 0.3) is 0 Å². The van der Waals surface area contributed by atoms with Gasteiger partial charge in [0.05, 0.1) is 0 Å². The number of nitrogens with two attached hydrogens (primary N) is 1. The third-order valence-electron chi connectivity index (χ3n) is 3.20. The fourth-order valence-electron chi connectivity index (χ4n) is 1.52. The minimum atomic E-state index is -0.934. The Labute approximate surface area is 109 Å². The van der Waals surface area contributed by atoms with Gasteiger partial charge in [0, 0.05) is 6.54 Å². The molecule has 0 aromatic heterocycles. The summed E-state index contributed by atoms with van der Waals surface area (Å²) in [5.41, 5.74) is 4.63. The van der Waals surface area contributed by atoms with Gasteiger partial charge in [0.2, 0.25) is 5.91 Å². The van der Waals surface area contributed by atoms with Crippen molar-refractivity contribution in [1.82, 2.24) is 10.2 Å². The minimum Gasteiger partial charge on any atom is -0.409 e. The summed E-state index contributed by atoms with van der Waals surface area (Å²) in [5, 5.41) is 14.5. The molecule has 0 bridgehead atoms. The highest BCUT2D eigenvalue weighted by molar-refractivity contribution is 6.06. The highest BCUT2D eigenvalue weighted by Crippen LogP contribution is 2.21. The van der Waals surface area contributed by atoms with Gasteiger partial charge in [0.15, 0.2) is 5.84 Å². The number of hydrogen-bond acceptors (Lipinski definition) is 4. The maximum Gasteiger partial charge on any atom is 0.233 e. The molecule has 0 saturated carbocycles. The predicted molar refractivity (Wildman–Crippen MR) is 72.6 cm³/mol. The molecule has 0 aromatic rings. The van der Waals surface area contributed by atoms with Crippen LogP contribution < -0.4 is 11.1 Å². The van der Waals surface area contributed by atoms with Crippen molar-refractivity contribution in [3.63, 3.8) is 0 Å². The van der Waals surface area contributed by atoms with Gasteiger partial charge >= 0.3 is 0 Å². The lowest BCUT2D eigenvalue weighted by Crippen LogP contribution is -2.47. The van der Waals surface area contributed by atoms with Gasteiger partial charge in [-0.15, -0.1) is 0 Å². The van der Waals surface area contributed by atoms with Gasteiger partial charge in [0.1, 0.15) is 5.41 Å². The molecule has 0 aliphatic heterocycles. The van der Waals surface area contributed by atoms with E-state index in [1.807, 2.05) is 21.0 Å². The summed E-state index contributed by atoms with van der Waals surface area (Å²) in [6.45, 7) is 5.13. The quantitative estimate of drug-likeness (QED) is 0.195. The van der Waals surface area contributed by atoms with Crippen LogP contribution in [0, 0.1) is 5.41 Å². The Kier molecular flexibility index (Phi) is 7.35. The zero-order valence-electron chi connectivity index (χ0n) is 11.9. The van der Waals surface area contributed by atoms with Crippen LogP contribution in [0.4, 0.5) is 0 Å².